The van der Waals surface area contributed by atoms with Gasteiger partial charge in [0.25, 0.3) is 11.8 Å². The van der Waals surface area contributed by atoms with Crippen molar-refractivity contribution in [1.82, 2.24) is 19.6 Å². The third-order valence-corrected chi connectivity index (χ3v) is 18.7. The number of nitrogens with zero attached hydrogens (tertiary/aromatic N) is 8. The van der Waals surface area contributed by atoms with Crippen molar-refractivity contribution >= 4 is 68.1 Å². The van der Waals surface area contributed by atoms with Crippen LogP contribution in [0.5, 0.6) is 0 Å². The van der Waals surface area contributed by atoms with Crippen LogP contribution in [0.15, 0.2) is 97.1 Å². The first-order valence-corrected chi connectivity index (χ1v) is 31.6. The number of hydrogen-bond acceptors (Lipinski definition) is 14. The summed E-state index contributed by atoms with van der Waals surface area (Å²) in [7, 11) is 6.90. The van der Waals surface area contributed by atoms with Gasteiger partial charge in [-0.15, -0.1) is 0 Å². The van der Waals surface area contributed by atoms with Crippen LogP contribution in [0.1, 0.15) is 118 Å². The number of piperazine rings is 4. The Hall–Kier alpha value is -5.42. The highest BCUT2D eigenvalue weighted by Gasteiger charge is 2.26. The molecular weight excluding hydrogens is 1020 g/mol. The van der Waals surface area contributed by atoms with Crippen molar-refractivity contribution in [3.05, 3.63) is 119 Å². The molecule has 16 heteroatoms. The van der Waals surface area contributed by atoms with E-state index in [9.17, 15) is 19.2 Å². The van der Waals surface area contributed by atoms with Gasteiger partial charge in [-0.3, -0.25) is 19.4 Å². The lowest BCUT2D eigenvalue weighted by Gasteiger charge is -2.37. The average Bonchev–Trinajstić information content (AvgIpc) is 3.52. The van der Waals surface area contributed by atoms with Crippen LogP contribution in [-0.2, 0) is 9.47 Å². The molecule has 0 unspecified atom stereocenters. The minimum absolute atomic E-state index is 0.00160. The Morgan fingerprint density at radius 2 is 0.590 bits per heavy atom. The highest BCUT2D eigenvalue weighted by Crippen LogP contribution is 2.28. The Balaban J connectivity index is 0.558. The van der Waals surface area contributed by atoms with Crippen LogP contribution in [0.2, 0.25) is 0 Å². The Kier molecular flexibility index (Phi) is 23.6. The van der Waals surface area contributed by atoms with Crippen molar-refractivity contribution in [3.8, 4) is 0 Å². The van der Waals surface area contributed by atoms with Gasteiger partial charge in [0.1, 0.15) is 0 Å². The van der Waals surface area contributed by atoms with E-state index in [0.29, 0.717) is 48.4 Å². The smallest absolute Gasteiger partial charge is 0.337 e. The standard InChI is InChI=1S/C62H86N8O6S2/c1-75-61(73)53-19-15-51(16-20-53)59(71)69-45-41-67(42-46-69)57-27-23-55(24-28-57)65-37-33-63(34-38-65)31-11-7-3-5-9-13-49-77-78-50-14-10-6-4-8-12-32-64-35-39-66(40-36-64)56-25-29-58(30-26-56)68-43-47-70(48-44-68)60(72)52-17-21-54(22-18-52)62(74)76-2/h15-30H,3-14,31-50H2,1-2H3. The molecule has 4 aromatic rings. The lowest BCUT2D eigenvalue weighted by molar-refractivity contribution is 0.0591. The first-order chi connectivity index (χ1) is 38.3. The van der Waals surface area contributed by atoms with Gasteiger partial charge in [0.2, 0.25) is 0 Å². The summed E-state index contributed by atoms with van der Waals surface area (Å²) in [5, 5.41) is 0. The molecule has 0 atom stereocenters. The monoisotopic (exact) mass is 1100 g/mol. The van der Waals surface area contributed by atoms with E-state index in [2.05, 4.69) is 99.5 Å². The second-order valence-corrected chi connectivity index (χ2v) is 24.0. The molecule has 4 aliphatic rings. The zero-order valence-corrected chi connectivity index (χ0v) is 48.3. The minimum atomic E-state index is -0.398. The van der Waals surface area contributed by atoms with Crippen LogP contribution in [0.25, 0.3) is 0 Å². The molecule has 0 N–H and O–H groups in total. The number of esters is 2. The van der Waals surface area contributed by atoms with E-state index in [1.807, 2.05) is 9.80 Å². The summed E-state index contributed by atoms with van der Waals surface area (Å²) in [6, 6.07) is 31.4. The summed E-state index contributed by atoms with van der Waals surface area (Å²) in [6.07, 6.45) is 16.2. The fourth-order valence-corrected chi connectivity index (χ4v) is 13.5. The topological polar surface area (TPSA) is 113 Å². The fraction of sp³-hybridized carbons (Fsp3) is 0.548. The third kappa shape index (κ3) is 17.5. The number of hydrogen-bond donors (Lipinski definition) is 0. The van der Waals surface area contributed by atoms with E-state index in [1.165, 1.54) is 139 Å². The molecule has 2 amide bonds. The number of amides is 2. The van der Waals surface area contributed by atoms with Gasteiger partial charge in [-0.25, -0.2) is 9.59 Å². The van der Waals surface area contributed by atoms with Gasteiger partial charge in [0.15, 0.2) is 0 Å². The molecule has 4 aromatic carbocycles. The lowest BCUT2D eigenvalue weighted by Crippen LogP contribution is -2.48. The van der Waals surface area contributed by atoms with Gasteiger partial charge >= 0.3 is 11.9 Å². The molecular formula is C62H86N8O6S2. The molecule has 422 valence electrons. The van der Waals surface area contributed by atoms with Gasteiger partial charge in [-0.1, -0.05) is 73.0 Å². The molecule has 0 saturated carbocycles. The SMILES string of the molecule is COC(=O)c1ccc(C(=O)N2CCN(c3ccc(N4CCN(CCCCCCCCSSCCCCCCCCN5CCN(c6ccc(N7CCN(C(=O)c8ccc(C(=O)OC)cc8)CC7)cc6)CC5)CC4)cc3)CC2)cc1. The molecule has 0 spiro atoms. The second-order valence-electron chi connectivity index (χ2n) is 21.3. The van der Waals surface area contributed by atoms with Crippen molar-refractivity contribution in [2.75, 3.05) is 163 Å². The van der Waals surface area contributed by atoms with E-state index in [-0.39, 0.29) is 11.8 Å². The van der Waals surface area contributed by atoms with Crippen molar-refractivity contribution in [2.45, 2.75) is 77.0 Å². The number of ether oxygens (including phenoxy) is 2. The molecule has 4 saturated heterocycles. The summed E-state index contributed by atoms with van der Waals surface area (Å²) in [6.45, 7) is 17.1. The molecule has 78 heavy (non-hydrogen) atoms. The van der Waals surface area contributed by atoms with Crippen LogP contribution >= 0.6 is 21.6 Å². The minimum Gasteiger partial charge on any atom is -0.465 e. The molecule has 0 aliphatic carbocycles. The van der Waals surface area contributed by atoms with Crippen molar-refractivity contribution in [2.24, 2.45) is 0 Å². The normalized spacial score (nSPS) is 16.6. The largest absolute Gasteiger partial charge is 0.465 e. The molecule has 4 fully saturated rings. The van der Waals surface area contributed by atoms with Crippen molar-refractivity contribution in [3.63, 3.8) is 0 Å². The Morgan fingerprint density at radius 3 is 0.885 bits per heavy atom. The highest BCUT2D eigenvalue weighted by molar-refractivity contribution is 8.76. The lowest BCUT2D eigenvalue weighted by atomic mass is 10.1. The number of rotatable bonds is 27. The first kappa shape index (κ1) is 58.7. The summed E-state index contributed by atoms with van der Waals surface area (Å²) < 4.78 is 9.55. The summed E-state index contributed by atoms with van der Waals surface area (Å²) >= 11 is 0. The van der Waals surface area contributed by atoms with E-state index >= 15 is 0 Å². The zero-order valence-electron chi connectivity index (χ0n) is 46.7. The Labute approximate surface area is 473 Å². The maximum Gasteiger partial charge on any atom is 0.337 e. The molecule has 0 aromatic heterocycles. The maximum atomic E-state index is 13.1. The van der Waals surface area contributed by atoms with Crippen LogP contribution in [-0.4, -0.2) is 187 Å². The molecule has 4 heterocycles. The van der Waals surface area contributed by atoms with Crippen LogP contribution in [0.4, 0.5) is 22.7 Å². The molecule has 4 aliphatic heterocycles. The number of carbonyl (C=O) groups excluding carboxylic acids is 4. The predicted molar refractivity (Wildman–Crippen MR) is 322 cm³/mol. The summed E-state index contributed by atoms with van der Waals surface area (Å²) in [5.74, 6) is 1.79. The van der Waals surface area contributed by atoms with Crippen molar-refractivity contribution in [1.29, 1.82) is 0 Å². The molecule has 14 nitrogen and oxygen atoms in total. The first-order valence-electron chi connectivity index (χ1n) is 29.1. The number of benzene rings is 4. The summed E-state index contributed by atoms with van der Waals surface area (Å²) in [4.78, 5) is 68.6. The quantitative estimate of drug-likeness (QED) is 0.0321. The third-order valence-electron chi connectivity index (χ3n) is 16.1. The van der Waals surface area contributed by atoms with E-state index < -0.39 is 11.9 Å². The van der Waals surface area contributed by atoms with Gasteiger partial charge in [0, 0.05) is 150 Å². The fourth-order valence-electron chi connectivity index (χ4n) is 11.2. The van der Waals surface area contributed by atoms with Gasteiger partial charge in [-0.05, 0) is 136 Å². The van der Waals surface area contributed by atoms with Gasteiger partial charge < -0.3 is 38.9 Å². The maximum absolute atomic E-state index is 13.1. The van der Waals surface area contributed by atoms with Gasteiger partial charge in [-0.2, -0.15) is 0 Å². The Bertz CT molecular complexity index is 2260. The second kappa shape index (κ2) is 31.4. The van der Waals surface area contributed by atoms with E-state index in [4.69, 9.17) is 9.47 Å². The number of carbonyl (C=O) groups is 4. The highest BCUT2D eigenvalue weighted by atomic mass is 33.1. The number of methoxy groups -OCH3 is 2. The van der Waals surface area contributed by atoms with Crippen LogP contribution in [0.3, 0.4) is 0 Å². The predicted octanol–water partition coefficient (Wildman–Crippen LogP) is 10.2. The zero-order chi connectivity index (χ0) is 54.3. The van der Waals surface area contributed by atoms with Gasteiger partial charge in [0.05, 0.1) is 25.3 Å². The van der Waals surface area contributed by atoms with Crippen LogP contribution < -0.4 is 19.6 Å². The van der Waals surface area contributed by atoms with Crippen molar-refractivity contribution < 1.29 is 28.7 Å². The molecule has 0 radical (unpaired) electrons. The molecule has 0 bridgehead atoms. The number of unbranched alkanes of at least 4 members (excludes halogenated alkanes) is 10. The van der Waals surface area contributed by atoms with Crippen LogP contribution in [0, 0.1) is 0 Å². The molecule has 8 rings (SSSR count). The van der Waals surface area contributed by atoms with E-state index in [1.54, 1.807) is 48.5 Å². The average molecular weight is 1100 g/mol. The summed E-state index contributed by atoms with van der Waals surface area (Å²) in [5.41, 5.74) is 7.09. The number of anilines is 4. The Morgan fingerprint density at radius 1 is 0.333 bits per heavy atom. The van der Waals surface area contributed by atoms with E-state index in [0.717, 1.165) is 78.5 Å².